The molecule has 2 heterocycles. The van der Waals surface area contributed by atoms with Crippen LogP contribution in [0.15, 0.2) is 0 Å². The third-order valence-electron chi connectivity index (χ3n) is 6.21. The van der Waals surface area contributed by atoms with Crippen molar-refractivity contribution < 1.29 is 4.74 Å². The van der Waals surface area contributed by atoms with Crippen LogP contribution in [-0.4, -0.2) is 42.8 Å². The maximum absolute atomic E-state index is 6.05. The molecule has 0 spiro atoms. The number of ether oxygens (including phenoxy) is 1. The number of piperidine rings is 1. The van der Waals surface area contributed by atoms with Crippen molar-refractivity contribution in [2.75, 3.05) is 26.3 Å². The summed E-state index contributed by atoms with van der Waals surface area (Å²) in [5, 5.41) is 0. The molecule has 21 heavy (non-hydrogen) atoms. The molecule has 1 aliphatic carbocycles. The fourth-order valence-electron chi connectivity index (χ4n) is 4.97. The van der Waals surface area contributed by atoms with Gasteiger partial charge in [-0.25, -0.2) is 0 Å². The van der Waals surface area contributed by atoms with Crippen LogP contribution in [0.2, 0.25) is 0 Å². The lowest BCUT2D eigenvalue weighted by molar-refractivity contribution is 0.0132. The van der Waals surface area contributed by atoms with Crippen LogP contribution in [0.5, 0.6) is 0 Å². The van der Waals surface area contributed by atoms with Gasteiger partial charge in [0.1, 0.15) is 0 Å². The van der Waals surface area contributed by atoms with Crippen molar-refractivity contribution in [1.29, 1.82) is 0 Å². The van der Waals surface area contributed by atoms with Gasteiger partial charge in [-0.15, -0.1) is 0 Å². The molecule has 3 fully saturated rings. The number of hydrogen-bond donors (Lipinski definition) is 2. The van der Waals surface area contributed by atoms with Crippen LogP contribution in [0.25, 0.3) is 0 Å². The zero-order chi connectivity index (χ0) is 14.5. The van der Waals surface area contributed by atoms with Gasteiger partial charge < -0.3 is 4.74 Å². The van der Waals surface area contributed by atoms with Crippen molar-refractivity contribution in [2.24, 2.45) is 11.8 Å². The van der Waals surface area contributed by atoms with E-state index in [1.807, 2.05) is 0 Å². The van der Waals surface area contributed by atoms with Gasteiger partial charge in [0.15, 0.2) is 0 Å². The lowest BCUT2D eigenvalue weighted by Crippen LogP contribution is -2.63. The molecule has 122 valence electrons. The molecular formula is C17H33N3O. The van der Waals surface area contributed by atoms with Crippen LogP contribution >= 0.6 is 0 Å². The summed E-state index contributed by atoms with van der Waals surface area (Å²) < 4.78 is 5.52. The maximum Gasteiger partial charge on any atom is 0.0468 e. The Morgan fingerprint density at radius 3 is 2.33 bits per heavy atom. The first-order valence-corrected chi connectivity index (χ1v) is 9.14. The molecule has 0 aromatic carbocycles. The monoisotopic (exact) mass is 295 g/mol. The molecule has 0 aromatic rings. The molecule has 1 atom stereocenters. The van der Waals surface area contributed by atoms with Gasteiger partial charge in [0, 0.05) is 24.8 Å². The lowest BCUT2D eigenvalue weighted by Gasteiger charge is -2.49. The van der Waals surface area contributed by atoms with E-state index < -0.39 is 0 Å². The van der Waals surface area contributed by atoms with Crippen LogP contribution < -0.4 is 11.3 Å². The summed E-state index contributed by atoms with van der Waals surface area (Å²) in [7, 11) is 0. The average Bonchev–Trinajstić information content (AvgIpc) is 3.05. The second-order valence-corrected chi connectivity index (χ2v) is 7.37. The van der Waals surface area contributed by atoms with Gasteiger partial charge in [-0.2, -0.15) is 0 Å². The molecule has 3 aliphatic rings. The summed E-state index contributed by atoms with van der Waals surface area (Å²) in [6.07, 6.45) is 13.2. The third-order valence-corrected chi connectivity index (χ3v) is 6.21. The molecular weight excluding hydrogens is 262 g/mol. The Hall–Kier alpha value is -0.160. The summed E-state index contributed by atoms with van der Waals surface area (Å²) in [6, 6.07) is 0.459. The normalized spacial score (nSPS) is 29.6. The number of hydrazine groups is 1. The largest absolute Gasteiger partial charge is 0.381 e. The fourth-order valence-corrected chi connectivity index (χ4v) is 4.97. The Morgan fingerprint density at radius 1 is 1.05 bits per heavy atom. The first-order valence-electron chi connectivity index (χ1n) is 9.14. The lowest BCUT2D eigenvalue weighted by atomic mass is 9.78. The number of likely N-dealkylation sites (tertiary alicyclic amines) is 1. The number of hydrogen-bond acceptors (Lipinski definition) is 4. The zero-order valence-corrected chi connectivity index (χ0v) is 13.5. The van der Waals surface area contributed by atoms with Crippen molar-refractivity contribution in [3.8, 4) is 0 Å². The highest BCUT2D eigenvalue weighted by atomic mass is 16.5. The fraction of sp³-hybridized carbons (Fsp3) is 1.00. The molecule has 0 aromatic heterocycles. The smallest absolute Gasteiger partial charge is 0.0468 e. The van der Waals surface area contributed by atoms with Crippen LogP contribution in [0.1, 0.15) is 64.2 Å². The van der Waals surface area contributed by atoms with Crippen molar-refractivity contribution in [3.63, 3.8) is 0 Å². The quantitative estimate of drug-likeness (QED) is 0.604. The van der Waals surface area contributed by atoms with E-state index in [1.165, 1.54) is 77.3 Å². The minimum atomic E-state index is 0.341. The van der Waals surface area contributed by atoms with E-state index in [0.717, 1.165) is 19.1 Å². The topological polar surface area (TPSA) is 50.5 Å². The minimum absolute atomic E-state index is 0.341. The van der Waals surface area contributed by atoms with E-state index in [1.54, 1.807) is 0 Å². The highest BCUT2D eigenvalue weighted by Crippen LogP contribution is 2.41. The summed E-state index contributed by atoms with van der Waals surface area (Å²) in [5.41, 5.74) is 3.59. The number of rotatable bonds is 5. The van der Waals surface area contributed by atoms with E-state index in [-0.39, 0.29) is 0 Å². The van der Waals surface area contributed by atoms with Gasteiger partial charge in [0.25, 0.3) is 0 Å². The van der Waals surface area contributed by atoms with E-state index >= 15 is 0 Å². The Balaban J connectivity index is 1.70. The molecule has 0 bridgehead atoms. The molecule has 1 unspecified atom stereocenters. The summed E-state index contributed by atoms with van der Waals surface area (Å²) in [5.74, 6) is 6.85. The molecule has 4 heteroatoms. The first-order chi connectivity index (χ1) is 10.3. The predicted octanol–water partition coefficient (Wildman–Crippen LogP) is 2.43. The van der Waals surface area contributed by atoms with Crippen LogP contribution in [0.4, 0.5) is 0 Å². The van der Waals surface area contributed by atoms with Crippen LogP contribution in [0, 0.1) is 5.92 Å². The van der Waals surface area contributed by atoms with Crippen molar-refractivity contribution >= 4 is 0 Å². The zero-order valence-electron chi connectivity index (χ0n) is 13.5. The predicted molar refractivity (Wildman–Crippen MR) is 85.9 cm³/mol. The van der Waals surface area contributed by atoms with Crippen molar-refractivity contribution in [2.45, 2.75) is 75.8 Å². The second-order valence-electron chi connectivity index (χ2n) is 7.37. The first kappa shape index (κ1) is 15.7. The van der Waals surface area contributed by atoms with Gasteiger partial charge in [-0.05, 0) is 64.0 Å². The van der Waals surface area contributed by atoms with Gasteiger partial charge in [-0.1, -0.05) is 19.3 Å². The van der Waals surface area contributed by atoms with Gasteiger partial charge >= 0.3 is 0 Å². The van der Waals surface area contributed by atoms with Crippen molar-refractivity contribution in [1.82, 2.24) is 10.3 Å². The van der Waals surface area contributed by atoms with Gasteiger partial charge in [-0.3, -0.25) is 16.2 Å². The SMILES string of the molecule is NNC(CC1CCOCC1)C1(N2CCCCC2)CCCC1. The Bertz CT molecular complexity index is 305. The third kappa shape index (κ3) is 3.44. The van der Waals surface area contributed by atoms with Gasteiger partial charge in [0.05, 0.1) is 0 Å². The standard InChI is InChI=1S/C17H33N3O/c18-19-16(14-15-6-12-21-13-7-15)17(8-2-3-9-17)20-10-4-1-5-11-20/h15-16,19H,1-14,18H2. The molecule has 0 radical (unpaired) electrons. The van der Waals surface area contributed by atoms with E-state index in [2.05, 4.69) is 10.3 Å². The molecule has 3 N–H and O–H groups in total. The van der Waals surface area contributed by atoms with E-state index in [0.29, 0.717) is 11.6 Å². The number of nitrogens with two attached hydrogens (primary N) is 1. The highest BCUT2D eigenvalue weighted by Gasteiger charge is 2.46. The van der Waals surface area contributed by atoms with E-state index in [9.17, 15) is 0 Å². The highest BCUT2D eigenvalue weighted by molar-refractivity contribution is 5.04. The van der Waals surface area contributed by atoms with Crippen LogP contribution in [-0.2, 0) is 4.74 Å². The summed E-state index contributed by atoms with van der Waals surface area (Å²) in [6.45, 7) is 4.45. The average molecular weight is 295 g/mol. The van der Waals surface area contributed by atoms with Crippen molar-refractivity contribution in [3.05, 3.63) is 0 Å². The molecule has 1 saturated carbocycles. The maximum atomic E-state index is 6.05. The minimum Gasteiger partial charge on any atom is -0.381 e. The summed E-state index contributed by atoms with van der Waals surface area (Å²) in [4.78, 5) is 2.80. The molecule has 0 amide bonds. The number of nitrogens with zero attached hydrogens (tertiary/aromatic N) is 1. The van der Waals surface area contributed by atoms with Crippen LogP contribution in [0.3, 0.4) is 0 Å². The Labute approximate surface area is 129 Å². The molecule has 4 nitrogen and oxygen atoms in total. The van der Waals surface area contributed by atoms with E-state index in [4.69, 9.17) is 10.6 Å². The molecule has 2 aliphatic heterocycles. The summed E-state index contributed by atoms with van der Waals surface area (Å²) >= 11 is 0. The molecule has 3 rings (SSSR count). The van der Waals surface area contributed by atoms with Gasteiger partial charge in [0.2, 0.25) is 0 Å². The molecule has 2 saturated heterocycles. The number of nitrogens with one attached hydrogen (secondary N) is 1. The second kappa shape index (κ2) is 7.40. The Kier molecular flexibility index (Phi) is 5.54. The Morgan fingerprint density at radius 2 is 1.71 bits per heavy atom.